The van der Waals surface area contributed by atoms with E-state index in [-0.39, 0.29) is 23.7 Å². The van der Waals surface area contributed by atoms with Crippen molar-refractivity contribution in [1.29, 1.82) is 0 Å². The van der Waals surface area contributed by atoms with Crippen LogP contribution in [0.1, 0.15) is 31.4 Å². The highest BCUT2D eigenvalue weighted by atomic mass is 35.5. The summed E-state index contributed by atoms with van der Waals surface area (Å²) in [6.07, 6.45) is 5.24. The molecule has 0 bridgehead atoms. The van der Waals surface area contributed by atoms with Crippen LogP contribution in [0, 0.1) is 11.7 Å². The largest absolute Gasteiger partial charge is 0.354 e. The lowest BCUT2D eigenvalue weighted by molar-refractivity contribution is -0.125. The van der Waals surface area contributed by atoms with Crippen LogP contribution in [-0.4, -0.2) is 33.6 Å². The molecule has 1 fully saturated rings. The van der Waals surface area contributed by atoms with E-state index >= 15 is 0 Å². The number of hydrogen-bond acceptors (Lipinski definition) is 4. The second kappa shape index (κ2) is 9.43. The molecule has 1 N–H and O–H groups in total. The molecule has 1 saturated heterocycles. The van der Waals surface area contributed by atoms with E-state index in [1.165, 1.54) is 12.1 Å². The van der Waals surface area contributed by atoms with Gasteiger partial charge in [0.15, 0.2) is 5.82 Å². The van der Waals surface area contributed by atoms with Gasteiger partial charge in [0.25, 0.3) is 0 Å². The van der Waals surface area contributed by atoms with Gasteiger partial charge in [0.1, 0.15) is 11.3 Å². The van der Waals surface area contributed by atoms with Crippen molar-refractivity contribution in [3.05, 3.63) is 83.4 Å². The van der Waals surface area contributed by atoms with Crippen molar-refractivity contribution < 1.29 is 9.18 Å². The fourth-order valence-corrected chi connectivity index (χ4v) is 4.73. The van der Waals surface area contributed by atoms with Crippen LogP contribution in [0.15, 0.2) is 67.0 Å². The van der Waals surface area contributed by atoms with Gasteiger partial charge in [-0.15, -0.1) is 0 Å². The van der Waals surface area contributed by atoms with Crippen molar-refractivity contribution in [2.45, 2.75) is 25.8 Å². The number of carbonyl (C=O) groups is 1. The van der Waals surface area contributed by atoms with E-state index in [0.29, 0.717) is 11.6 Å². The Balaban J connectivity index is 1.35. The molecule has 2 aromatic heterocycles. The van der Waals surface area contributed by atoms with Crippen molar-refractivity contribution in [3.63, 3.8) is 0 Å². The maximum absolute atomic E-state index is 13.2. The van der Waals surface area contributed by atoms with E-state index in [0.717, 1.165) is 47.5 Å². The quantitative estimate of drug-likeness (QED) is 0.424. The van der Waals surface area contributed by atoms with Crippen LogP contribution in [0.2, 0.25) is 5.02 Å². The molecule has 4 aromatic rings. The summed E-state index contributed by atoms with van der Waals surface area (Å²) in [6, 6.07) is 15.6. The highest BCUT2D eigenvalue weighted by molar-refractivity contribution is 6.33. The molecule has 2 aromatic carbocycles. The third-order valence-corrected chi connectivity index (χ3v) is 6.67. The minimum absolute atomic E-state index is 0.00117. The standard InChI is InChI=1S/C26H25ClFN5O/c1-17(18-8-10-20(28)11-9-18)30-26(34)19-5-4-13-32(16-19)25-24-15-23(31-33(24)14-12-29-25)21-6-2-3-7-22(21)27/h2-3,6-12,14-15,17,19H,4-5,13,16H2,1H3,(H,30,34)/t17-,19-/m1/s1. The maximum atomic E-state index is 13.2. The van der Waals surface area contributed by atoms with Crippen LogP contribution in [-0.2, 0) is 4.79 Å². The van der Waals surface area contributed by atoms with Gasteiger partial charge in [0, 0.05) is 31.0 Å². The molecule has 3 heterocycles. The summed E-state index contributed by atoms with van der Waals surface area (Å²) in [7, 11) is 0. The summed E-state index contributed by atoms with van der Waals surface area (Å²) in [6.45, 7) is 3.30. The fraction of sp³-hybridized carbons (Fsp3) is 0.269. The first-order valence-corrected chi connectivity index (χ1v) is 11.8. The van der Waals surface area contributed by atoms with Crippen molar-refractivity contribution in [3.8, 4) is 11.3 Å². The Labute approximate surface area is 202 Å². The molecular weight excluding hydrogens is 453 g/mol. The van der Waals surface area contributed by atoms with E-state index in [4.69, 9.17) is 16.7 Å². The summed E-state index contributed by atoms with van der Waals surface area (Å²) >= 11 is 6.38. The number of halogens is 2. The molecular formula is C26H25ClFN5O. The van der Waals surface area contributed by atoms with Crippen molar-refractivity contribution in [2.24, 2.45) is 5.92 Å². The fourth-order valence-electron chi connectivity index (χ4n) is 4.50. The zero-order chi connectivity index (χ0) is 23.7. The van der Waals surface area contributed by atoms with Gasteiger partial charge in [-0.05, 0) is 49.6 Å². The summed E-state index contributed by atoms with van der Waals surface area (Å²) in [5, 5.41) is 8.42. The van der Waals surface area contributed by atoms with Gasteiger partial charge in [-0.2, -0.15) is 5.10 Å². The number of fused-ring (bicyclic) bond motifs is 1. The van der Waals surface area contributed by atoms with Gasteiger partial charge in [0.2, 0.25) is 5.91 Å². The zero-order valence-electron chi connectivity index (χ0n) is 18.8. The lowest BCUT2D eigenvalue weighted by Crippen LogP contribution is -2.44. The van der Waals surface area contributed by atoms with Gasteiger partial charge >= 0.3 is 0 Å². The Hall–Kier alpha value is -3.45. The number of rotatable bonds is 5. The Morgan fingerprint density at radius 2 is 2.00 bits per heavy atom. The number of benzene rings is 2. The SMILES string of the molecule is C[C@@H](NC(=O)[C@@H]1CCCN(c2nccn3nc(-c4ccccc4Cl)cc23)C1)c1ccc(F)cc1. The molecule has 0 aliphatic carbocycles. The monoisotopic (exact) mass is 477 g/mol. The molecule has 1 aliphatic rings. The van der Waals surface area contributed by atoms with Crippen molar-refractivity contribution in [1.82, 2.24) is 19.9 Å². The van der Waals surface area contributed by atoms with Crippen molar-refractivity contribution in [2.75, 3.05) is 18.0 Å². The molecule has 0 saturated carbocycles. The Morgan fingerprint density at radius 3 is 2.79 bits per heavy atom. The van der Waals surface area contributed by atoms with Gasteiger partial charge in [-0.25, -0.2) is 13.9 Å². The number of amides is 1. The first kappa shape index (κ1) is 22.3. The number of aromatic nitrogens is 3. The van der Waals surface area contributed by atoms with Gasteiger partial charge in [0.05, 0.1) is 22.7 Å². The Morgan fingerprint density at radius 1 is 1.21 bits per heavy atom. The minimum atomic E-state index is -0.288. The molecule has 6 nitrogen and oxygen atoms in total. The number of nitrogens with zero attached hydrogens (tertiary/aromatic N) is 4. The lowest BCUT2D eigenvalue weighted by atomic mass is 9.96. The smallest absolute Gasteiger partial charge is 0.225 e. The van der Waals surface area contributed by atoms with Crippen LogP contribution < -0.4 is 10.2 Å². The third kappa shape index (κ3) is 4.48. The summed E-state index contributed by atoms with van der Waals surface area (Å²) in [5.41, 5.74) is 3.39. The summed E-state index contributed by atoms with van der Waals surface area (Å²) in [4.78, 5) is 19.8. The second-order valence-corrected chi connectivity index (χ2v) is 9.06. The summed E-state index contributed by atoms with van der Waals surface area (Å²) in [5.74, 6) is 0.352. The predicted molar refractivity (Wildman–Crippen MR) is 131 cm³/mol. The second-order valence-electron chi connectivity index (χ2n) is 8.66. The maximum Gasteiger partial charge on any atom is 0.225 e. The van der Waals surface area contributed by atoms with E-state index in [9.17, 15) is 9.18 Å². The molecule has 34 heavy (non-hydrogen) atoms. The molecule has 0 spiro atoms. The first-order chi connectivity index (χ1) is 16.5. The van der Waals surface area contributed by atoms with E-state index < -0.39 is 0 Å². The third-order valence-electron chi connectivity index (χ3n) is 6.34. The van der Waals surface area contributed by atoms with E-state index in [2.05, 4.69) is 15.2 Å². The van der Waals surface area contributed by atoms with Crippen molar-refractivity contribution >= 4 is 28.8 Å². The predicted octanol–water partition coefficient (Wildman–Crippen LogP) is 5.28. The number of piperidine rings is 1. The Kier molecular flexibility index (Phi) is 6.20. The van der Waals surface area contributed by atoms with E-state index in [1.54, 1.807) is 22.8 Å². The van der Waals surface area contributed by atoms with Gasteiger partial charge in [-0.3, -0.25) is 4.79 Å². The number of nitrogens with one attached hydrogen (secondary N) is 1. The molecule has 1 amide bonds. The molecule has 8 heteroatoms. The van der Waals surface area contributed by atoms with Gasteiger partial charge < -0.3 is 10.2 Å². The Bertz CT molecular complexity index is 1320. The normalized spacial score (nSPS) is 17.0. The number of carbonyl (C=O) groups excluding carboxylic acids is 1. The first-order valence-electron chi connectivity index (χ1n) is 11.4. The topological polar surface area (TPSA) is 62.5 Å². The van der Waals surface area contributed by atoms with Crippen LogP contribution in [0.5, 0.6) is 0 Å². The molecule has 0 unspecified atom stereocenters. The van der Waals surface area contributed by atoms with Crippen LogP contribution in [0.25, 0.3) is 16.8 Å². The molecule has 1 aliphatic heterocycles. The van der Waals surface area contributed by atoms with Crippen LogP contribution >= 0.6 is 11.6 Å². The van der Waals surface area contributed by atoms with Crippen LogP contribution in [0.3, 0.4) is 0 Å². The zero-order valence-corrected chi connectivity index (χ0v) is 19.5. The highest BCUT2D eigenvalue weighted by Gasteiger charge is 2.28. The average molecular weight is 478 g/mol. The average Bonchev–Trinajstić information content (AvgIpc) is 3.29. The molecule has 5 rings (SSSR count). The van der Waals surface area contributed by atoms with E-state index in [1.807, 2.05) is 43.5 Å². The molecule has 174 valence electrons. The number of anilines is 1. The minimum Gasteiger partial charge on any atom is -0.354 e. The van der Waals surface area contributed by atoms with Gasteiger partial charge in [-0.1, -0.05) is 41.9 Å². The number of hydrogen-bond donors (Lipinski definition) is 1. The summed E-state index contributed by atoms with van der Waals surface area (Å²) < 4.78 is 15.0. The lowest BCUT2D eigenvalue weighted by Gasteiger charge is -2.33. The highest BCUT2D eigenvalue weighted by Crippen LogP contribution is 2.31. The van der Waals surface area contributed by atoms with Crippen LogP contribution in [0.4, 0.5) is 10.2 Å². The molecule has 0 radical (unpaired) electrons. The molecule has 2 atom stereocenters.